The Balaban J connectivity index is 0.000000321. The molecule has 2 aromatic rings. The number of benzene rings is 2. The lowest BCUT2D eigenvalue weighted by Gasteiger charge is -2.32. The Labute approximate surface area is 157 Å². The average molecular weight is 369 g/mol. The minimum atomic E-state index is -1.32. The summed E-state index contributed by atoms with van der Waals surface area (Å²) in [6.45, 7) is 1.98. The Morgan fingerprint density at radius 1 is 1.04 bits per heavy atom. The van der Waals surface area contributed by atoms with E-state index in [1.165, 1.54) is 0 Å². The lowest BCUT2D eigenvalue weighted by molar-refractivity contribution is -0.137. The fourth-order valence-corrected chi connectivity index (χ4v) is 2.90. The van der Waals surface area contributed by atoms with Gasteiger partial charge >= 0.3 is 12.0 Å². The summed E-state index contributed by atoms with van der Waals surface area (Å²) in [4.78, 5) is 34.0. The molecule has 1 fully saturated rings. The number of urea groups is 1. The topological polar surface area (TPSA) is 113 Å². The van der Waals surface area contributed by atoms with Crippen LogP contribution in [0.4, 0.5) is 4.79 Å². The van der Waals surface area contributed by atoms with Crippen molar-refractivity contribution in [3.05, 3.63) is 71.8 Å². The Kier molecular flexibility index (Phi) is 6.67. The lowest BCUT2D eigenvalue weighted by atomic mass is 9.82. The minimum Gasteiger partial charge on any atom is -0.481 e. The van der Waals surface area contributed by atoms with Gasteiger partial charge in [-0.1, -0.05) is 74.0 Å². The highest BCUT2D eigenvalue weighted by molar-refractivity contribution is 6.09. The number of carbonyl (C=O) groups is 3. The van der Waals surface area contributed by atoms with E-state index >= 15 is 0 Å². The smallest absolute Gasteiger partial charge is 0.339 e. The van der Waals surface area contributed by atoms with Crippen molar-refractivity contribution in [2.45, 2.75) is 31.7 Å². The molecule has 142 valence electrons. The third-order valence-electron chi connectivity index (χ3n) is 4.26. The van der Waals surface area contributed by atoms with Crippen LogP contribution in [0.15, 0.2) is 60.7 Å². The molecule has 0 spiro atoms. The number of carboxylic acids is 1. The van der Waals surface area contributed by atoms with Crippen LogP contribution in [0, 0.1) is 0 Å². The van der Waals surface area contributed by atoms with Gasteiger partial charge in [-0.25, -0.2) is 15.6 Å². The van der Waals surface area contributed by atoms with Crippen LogP contribution < -0.4 is 11.2 Å². The average Bonchev–Trinajstić information content (AvgIpc) is 2.91. The van der Waals surface area contributed by atoms with Gasteiger partial charge in [-0.2, -0.15) is 0 Å². The van der Waals surface area contributed by atoms with Crippen molar-refractivity contribution in [3.8, 4) is 0 Å². The van der Waals surface area contributed by atoms with E-state index in [0.717, 1.165) is 17.9 Å². The zero-order valence-corrected chi connectivity index (χ0v) is 15.1. The van der Waals surface area contributed by atoms with E-state index in [0.29, 0.717) is 17.5 Å². The molecular formula is C20H23N3O4. The molecule has 1 heterocycles. The van der Waals surface area contributed by atoms with Crippen molar-refractivity contribution >= 4 is 17.9 Å². The number of imide groups is 1. The SMILES string of the molecule is CCCCC(=O)O.NN1C(=O)NC(=O)C1(c1ccccc1)c1ccccc1. The second-order valence-corrected chi connectivity index (χ2v) is 6.07. The Morgan fingerprint density at radius 2 is 1.52 bits per heavy atom. The van der Waals surface area contributed by atoms with Gasteiger partial charge in [-0.05, 0) is 17.5 Å². The number of carbonyl (C=O) groups excluding carboxylic acids is 2. The monoisotopic (exact) mass is 369 g/mol. The zero-order chi connectivity index (χ0) is 19.9. The first-order valence-electron chi connectivity index (χ1n) is 8.67. The van der Waals surface area contributed by atoms with Crippen molar-refractivity contribution in [3.63, 3.8) is 0 Å². The Hall–Kier alpha value is -3.19. The third kappa shape index (κ3) is 4.15. The van der Waals surface area contributed by atoms with Crippen LogP contribution in [-0.2, 0) is 15.1 Å². The molecule has 0 radical (unpaired) electrons. The highest BCUT2D eigenvalue weighted by Gasteiger charge is 2.54. The fourth-order valence-electron chi connectivity index (χ4n) is 2.90. The molecule has 0 aromatic heterocycles. The molecule has 0 atom stereocenters. The second kappa shape index (κ2) is 8.95. The number of hydrazine groups is 1. The number of nitrogens with two attached hydrogens (primary N) is 1. The maximum atomic E-state index is 12.5. The number of rotatable bonds is 5. The van der Waals surface area contributed by atoms with Crippen LogP contribution in [0.1, 0.15) is 37.3 Å². The normalized spacial score (nSPS) is 15.0. The summed E-state index contributed by atoms with van der Waals surface area (Å²) in [7, 11) is 0. The third-order valence-corrected chi connectivity index (χ3v) is 4.26. The number of amides is 3. The highest BCUT2D eigenvalue weighted by Crippen LogP contribution is 2.37. The molecule has 0 bridgehead atoms. The first kappa shape index (κ1) is 20.1. The van der Waals surface area contributed by atoms with E-state index in [2.05, 4.69) is 5.32 Å². The zero-order valence-electron chi connectivity index (χ0n) is 15.1. The number of nitrogens with one attached hydrogen (secondary N) is 1. The quantitative estimate of drug-likeness (QED) is 0.426. The predicted molar refractivity (Wildman–Crippen MR) is 100 cm³/mol. The fraction of sp³-hybridized carbons (Fsp3) is 0.250. The van der Waals surface area contributed by atoms with Crippen LogP contribution >= 0.6 is 0 Å². The summed E-state index contributed by atoms with van der Waals surface area (Å²) in [6, 6.07) is 17.5. The molecule has 1 saturated heterocycles. The largest absolute Gasteiger partial charge is 0.481 e. The van der Waals surface area contributed by atoms with Gasteiger partial charge in [-0.3, -0.25) is 14.9 Å². The van der Waals surface area contributed by atoms with Crippen molar-refractivity contribution in [2.24, 2.45) is 5.84 Å². The first-order valence-corrected chi connectivity index (χ1v) is 8.67. The van der Waals surface area contributed by atoms with Gasteiger partial charge < -0.3 is 5.11 Å². The second-order valence-electron chi connectivity index (χ2n) is 6.07. The van der Waals surface area contributed by atoms with Crippen LogP contribution in [-0.4, -0.2) is 28.0 Å². The van der Waals surface area contributed by atoms with Crippen molar-refractivity contribution in [2.75, 3.05) is 0 Å². The van der Waals surface area contributed by atoms with Crippen LogP contribution in [0.5, 0.6) is 0 Å². The molecule has 0 unspecified atom stereocenters. The molecule has 7 heteroatoms. The van der Waals surface area contributed by atoms with Crippen molar-refractivity contribution in [1.82, 2.24) is 10.3 Å². The maximum Gasteiger partial charge on any atom is 0.339 e. The molecule has 3 rings (SSSR count). The summed E-state index contributed by atoms with van der Waals surface area (Å²) in [5.74, 6) is 4.78. The van der Waals surface area contributed by atoms with E-state index in [4.69, 9.17) is 10.9 Å². The standard InChI is InChI=1S/C15H13N3O2.C5H10O2/c16-18-14(20)17-13(19)15(18,11-7-3-1-4-8-11)12-9-5-2-6-10-12;1-2-3-4-5(6)7/h1-10H,16H2,(H,17,19,20);2-4H2,1H3,(H,6,7). The van der Waals surface area contributed by atoms with Gasteiger partial charge in [0, 0.05) is 6.42 Å². The molecule has 3 amide bonds. The Bertz CT molecular complexity index is 754. The molecule has 1 aliphatic heterocycles. The van der Waals surface area contributed by atoms with Gasteiger partial charge in [0.15, 0.2) is 5.54 Å². The van der Waals surface area contributed by atoms with Gasteiger partial charge in [0.05, 0.1) is 0 Å². The predicted octanol–water partition coefficient (Wildman–Crippen LogP) is 2.62. The molecule has 1 aliphatic rings. The van der Waals surface area contributed by atoms with E-state index in [1.54, 1.807) is 24.3 Å². The van der Waals surface area contributed by atoms with E-state index in [-0.39, 0.29) is 0 Å². The van der Waals surface area contributed by atoms with Crippen LogP contribution in [0.2, 0.25) is 0 Å². The molecule has 0 saturated carbocycles. The minimum absolute atomic E-state index is 0.316. The maximum absolute atomic E-state index is 12.5. The van der Waals surface area contributed by atoms with Gasteiger partial charge in [-0.15, -0.1) is 0 Å². The van der Waals surface area contributed by atoms with Gasteiger partial charge in [0.2, 0.25) is 0 Å². The number of hydrogen-bond acceptors (Lipinski definition) is 4. The van der Waals surface area contributed by atoms with E-state index in [9.17, 15) is 14.4 Å². The summed E-state index contributed by atoms with van der Waals surface area (Å²) >= 11 is 0. The lowest BCUT2D eigenvalue weighted by Crippen LogP contribution is -2.51. The van der Waals surface area contributed by atoms with E-state index < -0.39 is 23.4 Å². The summed E-state index contributed by atoms with van der Waals surface area (Å²) < 4.78 is 0. The van der Waals surface area contributed by atoms with Crippen LogP contribution in [0.25, 0.3) is 0 Å². The molecule has 4 N–H and O–H groups in total. The number of hydrogen-bond donors (Lipinski definition) is 3. The van der Waals surface area contributed by atoms with Crippen molar-refractivity contribution < 1.29 is 19.5 Å². The number of nitrogens with zero attached hydrogens (tertiary/aromatic N) is 1. The molecule has 0 aliphatic carbocycles. The Morgan fingerprint density at radius 3 is 1.81 bits per heavy atom. The first-order chi connectivity index (χ1) is 12.9. The van der Waals surface area contributed by atoms with Gasteiger partial charge in [0.1, 0.15) is 0 Å². The van der Waals surface area contributed by atoms with Gasteiger partial charge in [0.25, 0.3) is 5.91 Å². The summed E-state index contributed by atoms with van der Waals surface area (Å²) in [6.07, 6.45) is 2.08. The number of unbranched alkanes of at least 4 members (excludes halogenated alkanes) is 1. The molecule has 27 heavy (non-hydrogen) atoms. The number of aliphatic carboxylic acids is 1. The van der Waals surface area contributed by atoms with Crippen molar-refractivity contribution in [1.29, 1.82) is 0 Å². The summed E-state index contributed by atoms with van der Waals surface area (Å²) in [5.41, 5.74) is -0.0197. The molecule has 7 nitrogen and oxygen atoms in total. The van der Waals surface area contributed by atoms with Crippen LogP contribution in [0.3, 0.4) is 0 Å². The highest BCUT2D eigenvalue weighted by atomic mass is 16.4. The molecule has 2 aromatic carbocycles. The number of carboxylic acid groups (broad SMARTS) is 1. The summed E-state index contributed by atoms with van der Waals surface area (Å²) in [5, 5.41) is 11.3. The van der Waals surface area contributed by atoms with E-state index in [1.807, 2.05) is 43.3 Å². The molecular weight excluding hydrogens is 346 g/mol.